The molecule has 5 heteroatoms. The van der Waals surface area contributed by atoms with E-state index in [0.29, 0.717) is 24.0 Å². The number of H-pyrrole nitrogens is 1. The number of rotatable bonds is 4. The minimum Gasteiger partial charge on any atom is -0.356 e. The van der Waals surface area contributed by atoms with Gasteiger partial charge in [0.05, 0.1) is 11.1 Å². The summed E-state index contributed by atoms with van der Waals surface area (Å²) in [6.07, 6.45) is 2.21. The van der Waals surface area contributed by atoms with Gasteiger partial charge in [0.1, 0.15) is 5.82 Å². The first-order valence-corrected chi connectivity index (χ1v) is 7.94. The first kappa shape index (κ1) is 16.2. The lowest BCUT2D eigenvalue weighted by Crippen LogP contribution is -2.25. The van der Waals surface area contributed by atoms with E-state index in [-0.39, 0.29) is 11.7 Å². The number of benzene rings is 1. The van der Waals surface area contributed by atoms with E-state index >= 15 is 0 Å². The van der Waals surface area contributed by atoms with E-state index in [1.54, 1.807) is 18.3 Å². The van der Waals surface area contributed by atoms with Gasteiger partial charge in [0.2, 0.25) is 0 Å². The van der Waals surface area contributed by atoms with E-state index in [9.17, 15) is 9.18 Å². The fourth-order valence-electron chi connectivity index (χ4n) is 2.96. The van der Waals surface area contributed by atoms with Gasteiger partial charge in [0, 0.05) is 29.5 Å². The van der Waals surface area contributed by atoms with E-state index in [0.717, 1.165) is 27.9 Å². The third kappa shape index (κ3) is 3.02. The predicted octanol–water partition coefficient (Wildman–Crippen LogP) is 3.60. The number of nitrogens with zero attached hydrogens (tertiary/aromatic N) is 1. The number of pyridine rings is 1. The Morgan fingerprint density at radius 3 is 2.71 bits per heavy atom. The number of hydrogen-bond acceptors (Lipinski definition) is 2. The molecule has 2 N–H and O–H groups in total. The van der Waals surface area contributed by atoms with Crippen LogP contribution in [0.5, 0.6) is 0 Å². The Bertz CT molecular complexity index is 897. The highest BCUT2D eigenvalue weighted by atomic mass is 19.1. The van der Waals surface area contributed by atoms with Crippen molar-refractivity contribution < 1.29 is 9.18 Å². The van der Waals surface area contributed by atoms with Crippen molar-refractivity contribution >= 4 is 16.8 Å². The zero-order chi connectivity index (χ0) is 17.3. The van der Waals surface area contributed by atoms with Crippen molar-refractivity contribution in [1.29, 1.82) is 0 Å². The molecule has 124 valence electrons. The monoisotopic (exact) mass is 325 g/mol. The molecule has 0 saturated carbocycles. The first-order chi connectivity index (χ1) is 11.5. The highest BCUT2D eigenvalue weighted by Crippen LogP contribution is 2.27. The summed E-state index contributed by atoms with van der Waals surface area (Å²) < 4.78 is 14.0. The van der Waals surface area contributed by atoms with Crippen LogP contribution in [0.2, 0.25) is 0 Å². The van der Waals surface area contributed by atoms with Gasteiger partial charge in [-0.15, -0.1) is 0 Å². The van der Waals surface area contributed by atoms with E-state index in [2.05, 4.69) is 15.3 Å². The number of fused-ring (bicyclic) bond motifs is 1. The van der Waals surface area contributed by atoms with E-state index in [4.69, 9.17) is 0 Å². The summed E-state index contributed by atoms with van der Waals surface area (Å²) in [4.78, 5) is 19.4. The number of amides is 1. The molecule has 1 aromatic carbocycles. The maximum absolute atomic E-state index is 14.0. The second-order valence-corrected chi connectivity index (χ2v) is 6.04. The predicted molar refractivity (Wildman–Crippen MR) is 92.7 cm³/mol. The van der Waals surface area contributed by atoms with Crippen LogP contribution >= 0.6 is 0 Å². The molecule has 2 heterocycles. The summed E-state index contributed by atoms with van der Waals surface area (Å²) >= 11 is 0. The molecule has 0 unspecified atom stereocenters. The smallest absolute Gasteiger partial charge is 0.252 e. The molecule has 0 spiro atoms. The summed E-state index contributed by atoms with van der Waals surface area (Å²) in [6, 6.07) is 6.83. The van der Waals surface area contributed by atoms with Gasteiger partial charge in [0.15, 0.2) is 0 Å². The molecule has 3 rings (SSSR count). The van der Waals surface area contributed by atoms with Crippen molar-refractivity contribution in [2.24, 2.45) is 0 Å². The molecule has 4 nitrogen and oxygen atoms in total. The molecule has 2 aromatic heterocycles. The zero-order valence-electron chi connectivity index (χ0n) is 14.0. The lowest BCUT2D eigenvalue weighted by molar-refractivity contribution is 0.0954. The van der Waals surface area contributed by atoms with Crippen LogP contribution in [0, 0.1) is 26.6 Å². The Balaban J connectivity index is 1.74. The molecule has 0 atom stereocenters. The number of carbonyl (C=O) groups excluding carboxylic acids is 1. The Hall–Kier alpha value is -2.69. The number of nitrogens with one attached hydrogen (secondary N) is 2. The highest BCUT2D eigenvalue weighted by molar-refractivity contribution is 5.94. The maximum Gasteiger partial charge on any atom is 0.252 e. The van der Waals surface area contributed by atoms with Crippen molar-refractivity contribution in [1.82, 2.24) is 15.3 Å². The number of aromatic amines is 1. The van der Waals surface area contributed by atoms with Crippen LogP contribution in [-0.4, -0.2) is 22.4 Å². The number of carbonyl (C=O) groups is 1. The van der Waals surface area contributed by atoms with E-state index in [1.165, 1.54) is 6.07 Å². The largest absolute Gasteiger partial charge is 0.356 e. The molecule has 0 fully saturated rings. The minimum atomic E-state index is -0.250. The normalized spacial score (nSPS) is 11.0. The summed E-state index contributed by atoms with van der Waals surface area (Å²) in [6.45, 7) is 6.26. The SMILES string of the molecule is Cc1ccc(C(=O)NCCc2c(C)[nH]c3c(F)ccc(C)c23)cn1. The number of aryl methyl sites for hydroxylation is 3. The van der Waals surface area contributed by atoms with Crippen LogP contribution in [0.4, 0.5) is 4.39 Å². The maximum atomic E-state index is 14.0. The molecule has 0 aliphatic rings. The second kappa shape index (κ2) is 6.43. The van der Waals surface area contributed by atoms with Gasteiger partial charge < -0.3 is 10.3 Å². The fourth-order valence-corrected chi connectivity index (χ4v) is 2.96. The third-order valence-electron chi connectivity index (χ3n) is 4.26. The van der Waals surface area contributed by atoms with Crippen LogP contribution in [0.25, 0.3) is 10.9 Å². The molecular weight excluding hydrogens is 305 g/mol. The van der Waals surface area contributed by atoms with Crippen molar-refractivity contribution in [2.75, 3.05) is 6.54 Å². The number of halogens is 1. The Kier molecular flexibility index (Phi) is 4.34. The van der Waals surface area contributed by atoms with Gasteiger partial charge in [-0.2, -0.15) is 0 Å². The zero-order valence-corrected chi connectivity index (χ0v) is 14.0. The summed E-state index contributed by atoms with van der Waals surface area (Å²) in [5, 5.41) is 3.81. The standard InChI is InChI=1S/C19H20FN3O/c1-11-4-7-16(20)18-17(11)15(13(3)23-18)8-9-21-19(24)14-6-5-12(2)22-10-14/h4-7,10,23H,8-9H2,1-3H3,(H,21,24). The van der Waals surface area contributed by atoms with E-state index in [1.807, 2.05) is 26.8 Å². The van der Waals surface area contributed by atoms with Gasteiger partial charge in [0.25, 0.3) is 5.91 Å². The van der Waals surface area contributed by atoms with Crippen LogP contribution in [-0.2, 0) is 6.42 Å². The van der Waals surface area contributed by atoms with Gasteiger partial charge >= 0.3 is 0 Å². The molecule has 24 heavy (non-hydrogen) atoms. The number of hydrogen-bond donors (Lipinski definition) is 2. The fraction of sp³-hybridized carbons (Fsp3) is 0.263. The number of aromatic nitrogens is 2. The van der Waals surface area contributed by atoms with Crippen molar-refractivity contribution in [2.45, 2.75) is 27.2 Å². The van der Waals surface area contributed by atoms with Gasteiger partial charge in [-0.3, -0.25) is 9.78 Å². The van der Waals surface area contributed by atoms with Gasteiger partial charge in [-0.05, 0) is 56.5 Å². The molecule has 0 aliphatic carbocycles. The Labute approximate surface area is 140 Å². The van der Waals surface area contributed by atoms with E-state index < -0.39 is 0 Å². The molecular formula is C19H20FN3O. The van der Waals surface area contributed by atoms with Crippen molar-refractivity contribution in [3.05, 3.63) is 64.4 Å². The average Bonchev–Trinajstić information content (AvgIpc) is 2.90. The Morgan fingerprint density at radius 1 is 1.21 bits per heavy atom. The lowest BCUT2D eigenvalue weighted by atomic mass is 10.0. The van der Waals surface area contributed by atoms with Crippen LogP contribution < -0.4 is 5.32 Å². The average molecular weight is 325 g/mol. The molecule has 0 bridgehead atoms. The third-order valence-corrected chi connectivity index (χ3v) is 4.26. The van der Waals surface area contributed by atoms with Gasteiger partial charge in [-0.1, -0.05) is 6.07 Å². The molecule has 3 aromatic rings. The summed E-state index contributed by atoms with van der Waals surface area (Å²) in [7, 11) is 0. The van der Waals surface area contributed by atoms with Crippen LogP contribution in [0.3, 0.4) is 0 Å². The second-order valence-electron chi connectivity index (χ2n) is 6.04. The molecule has 1 amide bonds. The minimum absolute atomic E-state index is 0.150. The summed E-state index contributed by atoms with van der Waals surface area (Å²) in [5.41, 5.74) is 4.96. The van der Waals surface area contributed by atoms with Crippen molar-refractivity contribution in [3.8, 4) is 0 Å². The lowest BCUT2D eigenvalue weighted by Gasteiger charge is -2.07. The first-order valence-electron chi connectivity index (χ1n) is 7.94. The summed E-state index contributed by atoms with van der Waals surface area (Å²) in [5.74, 6) is -0.400. The Morgan fingerprint density at radius 2 is 2.00 bits per heavy atom. The topological polar surface area (TPSA) is 57.8 Å². The molecule has 0 saturated heterocycles. The highest BCUT2D eigenvalue weighted by Gasteiger charge is 2.14. The molecule has 0 radical (unpaired) electrons. The van der Waals surface area contributed by atoms with Crippen molar-refractivity contribution in [3.63, 3.8) is 0 Å². The quantitative estimate of drug-likeness (QED) is 0.770. The van der Waals surface area contributed by atoms with Gasteiger partial charge in [-0.25, -0.2) is 4.39 Å². The van der Waals surface area contributed by atoms with Crippen LogP contribution in [0.1, 0.15) is 32.9 Å². The molecule has 0 aliphatic heterocycles. The van der Waals surface area contributed by atoms with Crippen LogP contribution in [0.15, 0.2) is 30.5 Å².